The molecule has 2 N–H and O–H groups in total. The normalized spacial score (nSPS) is 15.7. The average molecular weight is 186 g/mol. The fourth-order valence-electron chi connectivity index (χ4n) is 0.848. The summed E-state index contributed by atoms with van der Waals surface area (Å²) in [6, 6.07) is 0. The van der Waals surface area contributed by atoms with E-state index in [2.05, 4.69) is 0 Å². The molecule has 0 aromatic carbocycles. The summed E-state index contributed by atoms with van der Waals surface area (Å²) in [4.78, 5) is 0. The number of hydrogen-bond acceptors (Lipinski definition) is 3. The van der Waals surface area contributed by atoms with Gasteiger partial charge in [-0.15, -0.1) is 0 Å². The molecule has 0 saturated heterocycles. The van der Waals surface area contributed by atoms with Crippen LogP contribution < -0.4 is 0 Å². The molecule has 0 aromatic rings. The number of aliphatic hydroxyl groups excluding tert-OH is 2. The van der Waals surface area contributed by atoms with Crippen molar-refractivity contribution in [2.75, 3.05) is 6.61 Å². The highest BCUT2D eigenvalue weighted by atomic mass is 16.5. The molecule has 0 fully saturated rings. The largest absolute Gasteiger partial charge is 0.504 e. The van der Waals surface area contributed by atoms with Crippen molar-refractivity contribution in [1.29, 1.82) is 0 Å². The molecule has 0 aliphatic heterocycles. The van der Waals surface area contributed by atoms with Gasteiger partial charge in [0.15, 0.2) is 11.5 Å². The fourth-order valence-corrected chi connectivity index (χ4v) is 0.848. The summed E-state index contributed by atoms with van der Waals surface area (Å²) in [5.41, 5.74) is 0. The van der Waals surface area contributed by atoms with Gasteiger partial charge >= 0.3 is 0 Å². The highest BCUT2D eigenvalue weighted by Gasteiger charge is 2.09. The van der Waals surface area contributed by atoms with Crippen molar-refractivity contribution in [3.05, 3.63) is 23.7 Å². The maximum absolute atomic E-state index is 9.34. The molecule has 76 valence electrons. The van der Waals surface area contributed by atoms with E-state index >= 15 is 0 Å². The highest BCUT2D eigenvalue weighted by molar-refractivity contribution is 5.17. The van der Waals surface area contributed by atoms with Crippen LogP contribution in [0.4, 0.5) is 0 Å². The van der Waals surface area contributed by atoms with Crippen LogP contribution >= 0.6 is 0 Å². The molecule has 0 amide bonds. The minimum Gasteiger partial charge on any atom is -0.504 e. The molecule has 13 heavy (non-hydrogen) atoms. The fraction of sp³-hybridized carbons (Fsp3) is 0.600. The summed E-state index contributed by atoms with van der Waals surface area (Å²) in [7, 11) is 0. The maximum atomic E-state index is 9.34. The van der Waals surface area contributed by atoms with Gasteiger partial charge < -0.3 is 14.9 Å². The first-order chi connectivity index (χ1) is 6.19. The Hall–Kier alpha value is -0.960. The zero-order valence-electron chi connectivity index (χ0n) is 8.45. The first kappa shape index (κ1) is 12.0. The van der Waals surface area contributed by atoms with Crippen molar-refractivity contribution >= 4 is 0 Å². The van der Waals surface area contributed by atoms with Crippen molar-refractivity contribution in [3.63, 3.8) is 0 Å². The summed E-state index contributed by atoms with van der Waals surface area (Å²) < 4.78 is 5.34. The third kappa shape index (κ3) is 3.99. The second-order valence-corrected chi connectivity index (χ2v) is 2.66. The molecule has 3 nitrogen and oxygen atoms in total. The van der Waals surface area contributed by atoms with E-state index in [4.69, 9.17) is 9.84 Å². The Balaban J connectivity index is 4.30. The van der Waals surface area contributed by atoms with E-state index in [1.54, 1.807) is 26.0 Å². The maximum Gasteiger partial charge on any atom is 0.156 e. The quantitative estimate of drug-likeness (QED) is 0.511. The summed E-state index contributed by atoms with van der Waals surface area (Å²) in [6.45, 7) is 5.38. The predicted octanol–water partition coefficient (Wildman–Crippen LogP) is 2.14. The Morgan fingerprint density at radius 2 is 2.00 bits per heavy atom. The van der Waals surface area contributed by atoms with Gasteiger partial charge in [0.05, 0.1) is 6.61 Å². The molecule has 0 rings (SSSR count). The minimum absolute atomic E-state index is 0.0369. The van der Waals surface area contributed by atoms with Crippen LogP contribution in [0.5, 0.6) is 0 Å². The number of aliphatic hydroxyl groups is 2. The zero-order chi connectivity index (χ0) is 10.3. The first-order valence-corrected chi connectivity index (χ1v) is 4.49. The second kappa shape index (κ2) is 6.54. The molecule has 0 radical (unpaired) electrons. The van der Waals surface area contributed by atoms with Crippen LogP contribution in [-0.2, 0) is 4.74 Å². The Morgan fingerprint density at radius 1 is 1.38 bits per heavy atom. The zero-order valence-corrected chi connectivity index (χ0v) is 8.45. The molecule has 0 saturated carbocycles. The van der Waals surface area contributed by atoms with Crippen molar-refractivity contribution in [2.24, 2.45) is 0 Å². The van der Waals surface area contributed by atoms with Crippen molar-refractivity contribution in [1.82, 2.24) is 0 Å². The molecule has 1 unspecified atom stereocenters. The van der Waals surface area contributed by atoms with Crippen molar-refractivity contribution in [2.45, 2.75) is 33.3 Å². The molecular formula is C10H18O3. The second-order valence-electron chi connectivity index (χ2n) is 2.66. The number of rotatable bonds is 5. The van der Waals surface area contributed by atoms with Crippen LogP contribution in [0, 0.1) is 0 Å². The Bertz CT molecular complexity index is 190. The van der Waals surface area contributed by atoms with Crippen LogP contribution in [0.15, 0.2) is 23.7 Å². The molecule has 0 aliphatic carbocycles. The number of ether oxygens (including phenoxy) is 1. The highest BCUT2D eigenvalue weighted by Crippen LogP contribution is 2.12. The lowest BCUT2D eigenvalue weighted by molar-refractivity contribution is 0.0523. The van der Waals surface area contributed by atoms with E-state index < -0.39 is 0 Å². The summed E-state index contributed by atoms with van der Waals surface area (Å²) in [5, 5.41) is 18.2. The average Bonchev–Trinajstić information content (AvgIpc) is 2.19. The minimum atomic E-state index is -0.242. The van der Waals surface area contributed by atoms with Gasteiger partial charge in [-0.1, -0.05) is 6.92 Å². The molecular weight excluding hydrogens is 168 g/mol. The van der Waals surface area contributed by atoms with Gasteiger partial charge in [-0.2, -0.15) is 0 Å². The van der Waals surface area contributed by atoms with Crippen LogP contribution in [0.2, 0.25) is 0 Å². The summed E-state index contributed by atoms with van der Waals surface area (Å²) >= 11 is 0. The van der Waals surface area contributed by atoms with Gasteiger partial charge in [0.1, 0.15) is 6.10 Å². The van der Waals surface area contributed by atoms with E-state index in [1.807, 2.05) is 6.92 Å². The summed E-state index contributed by atoms with van der Waals surface area (Å²) in [5.74, 6) is 0.526. The van der Waals surface area contributed by atoms with E-state index in [9.17, 15) is 5.11 Å². The van der Waals surface area contributed by atoms with E-state index in [0.29, 0.717) is 12.2 Å². The lowest BCUT2D eigenvalue weighted by Gasteiger charge is -2.16. The summed E-state index contributed by atoms with van der Waals surface area (Å²) in [6.07, 6.45) is 3.70. The molecule has 1 atom stereocenters. The Morgan fingerprint density at radius 3 is 2.31 bits per heavy atom. The lowest BCUT2D eigenvalue weighted by atomic mass is 10.3. The first-order valence-electron chi connectivity index (χ1n) is 4.49. The topological polar surface area (TPSA) is 49.7 Å². The number of hydrogen-bond donors (Lipinski definition) is 2. The molecule has 0 aromatic heterocycles. The van der Waals surface area contributed by atoms with Crippen molar-refractivity contribution in [3.8, 4) is 0 Å². The van der Waals surface area contributed by atoms with Gasteiger partial charge in [0.2, 0.25) is 0 Å². The lowest BCUT2D eigenvalue weighted by Crippen LogP contribution is -2.16. The van der Waals surface area contributed by atoms with Gasteiger partial charge in [-0.25, -0.2) is 0 Å². The monoisotopic (exact) mass is 186 g/mol. The third-order valence-corrected chi connectivity index (χ3v) is 1.74. The van der Waals surface area contributed by atoms with Gasteiger partial charge in [-0.05, 0) is 32.4 Å². The standard InChI is InChI=1S/C10H18O3/c1-4-8(7-11)13-10(6-3)9(12)5-2/h5-6,8,11-12H,4,7H2,1-3H3. The molecule has 0 spiro atoms. The SMILES string of the molecule is CC=C(O)C(=CC)OC(CC)CO. The number of allylic oxidation sites excluding steroid dienone is 2. The van der Waals surface area contributed by atoms with Gasteiger partial charge in [-0.3, -0.25) is 0 Å². The molecule has 0 aliphatic rings. The predicted molar refractivity (Wildman–Crippen MR) is 52.4 cm³/mol. The third-order valence-electron chi connectivity index (χ3n) is 1.74. The van der Waals surface area contributed by atoms with Gasteiger partial charge in [0, 0.05) is 0 Å². The van der Waals surface area contributed by atoms with E-state index in [0.717, 1.165) is 0 Å². The van der Waals surface area contributed by atoms with Crippen LogP contribution in [-0.4, -0.2) is 22.9 Å². The van der Waals surface area contributed by atoms with Gasteiger partial charge in [0.25, 0.3) is 0 Å². The smallest absolute Gasteiger partial charge is 0.156 e. The molecule has 3 heteroatoms. The molecule has 0 bridgehead atoms. The van der Waals surface area contributed by atoms with Crippen LogP contribution in [0.3, 0.4) is 0 Å². The Labute approximate surface area is 79.3 Å². The van der Waals surface area contributed by atoms with E-state index in [1.165, 1.54) is 0 Å². The van der Waals surface area contributed by atoms with Crippen LogP contribution in [0.25, 0.3) is 0 Å². The Kier molecular flexibility index (Phi) is 6.06. The van der Waals surface area contributed by atoms with Crippen LogP contribution in [0.1, 0.15) is 27.2 Å². The van der Waals surface area contributed by atoms with Crippen molar-refractivity contribution < 1.29 is 14.9 Å². The molecule has 0 heterocycles. The van der Waals surface area contributed by atoms with E-state index in [-0.39, 0.29) is 18.5 Å².